The van der Waals surface area contributed by atoms with Gasteiger partial charge in [0.2, 0.25) is 0 Å². The van der Waals surface area contributed by atoms with E-state index in [-0.39, 0.29) is 12.2 Å². The van der Waals surface area contributed by atoms with Gasteiger partial charge in [-0.05, 0) is 88.9 Å². The van der Waals surface area contributed by atoms with E-state index in [0.717, 1.165) is 22.3 Å². The molecule has 1 aliphatic rings. The van der Waals surface area contributed by atoms with Crippen molar-refractivity contribution >= 4 is 34.8 Å². The predicted octanol–water partition coefficient (Wildman–Crippen LogP) is 7.07. The average molecular weight is 421 g/mol. The highest BCUT2D eigenvalue weighted by Gasteiger charge is 2.25. The second kappa shape index (κ2) is 8.17. The van der Waals surface area contributed by atoms with Gasteiger partial charge in [-0.2, -0.15) is 0 Å². The van der Waals surface area contributed by atoms with Gasteiger partial charge in [0, 0.05) is 5.02 Å². The Kier molecular flexibility index (Phi) is 5.42. The maximum Gasteiger partial charge on any atom is 0.307 e. The van der Waals surface area contributed by atoms with E-state index in [1.54, 1.807) is 18.2 Å². The van der Waals surface area contributed by atoms with E-state index in [0.29, 0.717) is 27.7 Å². The highest BCUT2D eigenvalue weighted by Crippen LogP contribution is 2.44. The van der Waals surface area contributed by atoms with Crippen molar-refractivity contribution in [2.24, 2.45) is 0 Å². The second-order valence-corrected chi connectivity index (χ2v) is 7.49. The molecule has 0 radical (unpaired) electrons. The highest BCUT2D eigenvalue weighted by molar-refractivity contribution is 6.30. The smallest absolute Gasteiger partial charge is 0.307 e. The summed E-state index contributed by atoms with van der Waals surface area (Å²) in [6.07, 6.45) is 1.81. The van der Waals surface area contributed by atoms with E-state index in [1.165, 1.54) is 12.1 Å². The van der Waals surface area contributed by atoms with Crippen molar-refractivity contribution in [3.63, 3.8) is 0 Å². The molecule has 0 aliphatic heterocycles. The molecule has 5 heteroatoms. The van der Waals surface area contributed by atoms with E-state index in [1.807, 2.05) is 49.4 Å². The number of hydrogen-bond donors (Lipinski definition) is 1. The van der Waals surface area contributed by atoms with Crippen LogP contribution in [-0.2, 0) is 4.79 Å². The molecule has 3 aromatic carbocycles. The number of fused-ring (bicyclic) bond motifs is 1. The molecule has 0 unspecified atom stereocenters. The number of halogens is 2. The third-order valence-corrected chi connectivity index (χ3v) is 5.22. The third-order valence-electron chi connectivity index (χ3n) is 4.98. The van der Waals surface area contributed by atoms with Gasteiger partial charge in [0.05, 0.1) is 6.42 Å². The van der Waals surface area contributed by atoms with Crippen molar-refractivity contribution in [1.82, 2.24) is 0 Å². The van der Waals surface area contributed by atoms with E-state index >= 15 is 0 Å². The summed E-state index contributed by atoms with van der Waals surface area (Å²) in [5, 5.41) is 9.88. The van der Waals surface area contributed by atoms with Crippen LogP contribution in [0.25, 0.3) is 17.2 Å². The Morgan fingerprint density at radius 3 is 2.50 bits per heavy atom. The summed E-state index contributed by atoms with van der Waals surface area (Å²) in [4.78, 5) is 11.3. The second-order valence-electron chi connectivity index (χ2n) is 7.05. The molecule has 150 valence electrons. The van der Waals surface area contributed by atoms with Gasteiger partial charge < -0.3 is 9.84 Å². The maximum atomic E-state index is 13.8. The summed E-state index contributed by atoms with van der Waals surface area (Å²) < 4.78 is 19.7. The Balaban J connectivity index is 1.72. The van der Waals surface area contributed by atoms with E-state index in [4.69, 9.17) is 16.3 Å². The lowest BCUT2D eigenvalue weighted by atomic mass is 10.0. The van der Waals surface area contributed by atoms with Crippen LogP contribution < -0.4 is 4.74 Å². The molecule has 0 saturated carbocycles. The van der Waals surface area contributed by atoms with Crippen molar-refractivity contribution in [2.75, 3.05) is 0 Å². The van der Waals surface area contributed by atoms with Gasteiger partial charge in [-0.25, -0.2) is 4.39 Å². The molecular weight excluding hydrogens is 403 g/mol. The van der Waals surface area contributed by atoms with E-state index in [2.05, 4.69) is 0 Å². The van der Waals surface area contributed by atoms with Crippen LogP contribution in [0.1, 0.15) is 30.0 Å². The number of aliphatic carboxylic acids is 1. The fourth-order valence-electron chi connectivity index (χ4n) is 3.63. The summed E-state index contributed by atoms with van der Waals surface area (Å²) in [5.74, 6) is -0.0505. The molecular formula is C25H18ClFO3. The molecule has 4 rings (SSSR count). The minimum absolute atomic E-state index is 0.155. The molecule has 0 amide bonds. The summed E-state index contributed by atoms with van der Waals surface area (Å²) in [7, 11) is 0. The Bertz CT molecular complexity index is 1210. The SMILES string of the molecule is CC1=C(CC(=O)O)c2cc(F)ccc2/C1=C\c1cccc(Oc2cccc(Cl)c2)c1. The first-order chi connectivity index (χ1) is 14.4. The number of hydrogen-bond acceptors (Lipinski definition) is 2. The molecule has 0 aromatic heterocycles. The lowest BCUT2D eigenvalue weighted by molar-refractivity contribution is -0.135. The van der Waals surface area contributed by atoms with Gasteiger partial charge in [0.25, 0.3) is 0 Å². The molecule has 3 nitrogen and oxygen atoms in total. The van der Waals surface area contributed by atoms with Crippen LogP contribution in [-0.4, -0.2) is 11.1 Å². The van der Waals surface area contributed by atoms with Crippen LogP contribution in [0.3, 0.4) is 0 Å². The number of rotatable bonds is 5. The Labute approximate surface area is 178 Å². The summed E-state index contributed by atoms with van der Waals surface area (Å²) >= 11 is 6.02. The molecule has 0 heterocycles. The zero-order valence-corrected chi connectivity index (χ0v) is 16.9. The van der Waals surface area contributed by atoms with Crippen molar-refractivity contribution in [3.8, 4) is 11.5 Å². The third kappa shape index (κ3) is 4.14. The van der Waals surface area contributed by atoms with Crippen LogP contribution >= 0.6 is 11.6 Å². The minimum Gasteiger partial charge on any atom is -0.481 e. The molecule has 3 aromatic rings. The maximum absolute atomic E-state index is 13.8. The van der Waals surface area contributed by atoms with Gasteiger partial charge in [-0.1, -0.05) is 35.9 Å². The molecule has 1 aliphatic carbocycles. The number of allylic oxidation sites excluding steroid dienone is 2. The van der Waals surface area contributed by atoms with Crippen LogP contribution in [0.2, 0.25) is 5.02 Å². The molecule has 1 N–H and O–H groups in total. The molecule has 30 heavy (non-hydrogen) atoms. The van der Waals surface area contributed by atoms with E-state index < -0.39 is 5.97 Å². The van der Waals surface area contributed by atoms with Crippen LogP contribution in [0.5, 0.6) is 11.5 Å². The van der Waals surface area contributed by atoms with Crippen molar-refractivity contribution < 1.29 is 19.0 Å². The lowest BCUT2D eigenvalue weighted by Gasteiger charge is -2.08. The molecule has 0 atom stereocenters. The largest absolute Gasteiger partial charge is 0.481 e. The summed E-state index contributed by atoms with van der Waals surface area (Å²) in [6.45, 7) is 1.87. The van der Waals surface area contributed by atoms with Gasteiger partial charge >= 0.3 is 5.97 Å². The normalized spacial score (nSPS) is 14.2. The zero-order valence-electron chi connectivity index (χ0n) is 16.2. The van der Waals surface area contributed by atoms with Crippen LogP contribution in [0, 0.1) is 5.82 Å². The topological polar surface area (TPSA) is 46.5 Å². The number of carbonyl (C=O) groups is 1. The van der Waals surface area contributed by atoms with Gasteiger partial charge in [-0.15, -0.1) is 0 Å². The number of ether oxygens (including phenoxy) is 1. The summed E-state index contributed by atoms with van der Waals surface area (Å²) in [5.41, 5.74) is 4.68. The van der Waals surface area contributed by atoms with E-state index in [9.17, 15) is 14.3 Å². The average Bonchev–Trinajstić information content (AvgIpc) is 2.93. The first kappa shape index (κ1) is 19.9. The van der Waals surface area contributed by atoms with Gasteiger partial charge in [-0.3, -0.25) is 4.79 Å². The zero-order chi connectivity index (χ0) is 21.3. The minimum atomic E-state index is -0.947. The quantitative estimate of drug-likeness (QED) is 0.480. The van der Waals surface area contributed by atoms with Crippen LogP contribution in [0.15, 0.2) is 72.3 Å². The lowest BCUT2D eigenvalue weighted by Crippen LogP contribution is -1.97. The Morgan fingerprint density at radius 2 is 1.77 bits per heavy atom. The van der Waals surface area contributed by atoms with Crippen LogP contribution in [0.4, 0.5) is 4.39 Å². The highest BCUT2D eigenvalue weighted by atomic mass is 35.5. The first-order valence-corrected chi connectivity index (χ1v) is 9.76. The standard InChI is InChI=1S/C25H18ClFO3/c1-15-22(21-9-8-18(27)13-24(21)23(15)14-25(28)29)11-16-4-2-6-19(10-16)30-20-7-3-5-17(26)12-20/h2-13H,14H2,1H3,(H,28,29)/b22-11-. The Hall–Kier alpha value is -3.37. The van der Waals surface area contributed by atoms with Gasteiger partial charge in [0.1, 0.15) is 17.3 Å². The molecule has 0 spiro atoms. The number of benzene rings is 3. The van der Waals surface area contributed by atoms with Crippen molar-refractivity contribution in [1.29, 1.82) is 0 Å². The molecule has 0 bridgehead atoms. The fraction of sp³-hybridized carbons (Fsp3) is 0.0800. The van der Waals surface area contributed by atoms with Crippen molar-refractivity contribution in [2.45, 2.75) is 13.3 Å². The fourth-order valence-corrected chi connectivity index (χ4v) is 3.81. The molecule has 0 fully saturated rings. The van der Waals surface area contributed by atoms with Crippen molar-refractivity contribution in [3.05, 3.63) is 99.8 Å². The predicted molar refractivity (Wildman–Crippen MR) is 117 cm³/mol. The monoisotopic (exact) mass is 420 g/mol. The Morgan fingerprint density at radius 1 is 1.03 bits per heavy atom. The van der Waals surface area contributed by atoms with Gasteiger partial charge in [0.15, 0.2) is 0 Å². The molecule has 0 saturated heterocycles. The number of carboxylic acid groups (broad SMARTS) is 1. The summed E-state index contributed by atoms with van der Waals surface area (Å²) in [6, 6.07) is 19.2. The first-order valence-electron chi connectivity index (χ1n) is 9.38. The number of carboxylic acids is 1.